The molecule has 0 unspecified atom stereocenters. The molecular formula is C15H16N4O. The maximum absolute atomic E-state index is 12.0. The second kappa shape index (κ2) is 4.23. The zero-order chi connectivity index (χ0) is 14.4. The Morgan fingerprint density at radius 2 is 1.75 bits per heavy atom. The first-order valence-electron chi connectivity index (χ1n) is 6.37. The fourth-order valence-electron chi connectivity index (χ4n) is 2.52. The predicted octanol–water partition coefficient (Wildman–Crippen LogP) is 1.83. The number of hydrogen-bond donors (Lipinski definition) is 1. The fourth-order valence-corrected chi connectivity index (χ4v) is 2.52. The first-order chi connectivity index (χ1) is 9.49. The van der Waals surface area contributed by atoms with Crippen LogP contribution in [-0.2, 0) is 14.1 Å². The van der Waals surface area contributed by atoms with Gasteiger partial charge in [-0.05, 0) is 36.8 Å². The summed E-state index contributed by atoms with van der Waals surface area (Å²) in [5.41, 5.74) is 11.3. The minimum Gasteiger partial charge on any atom is -0.398 e. The van der Waals surface area contributed by atoms with Gasteiger partial charge in [-0.2, -0.15) is 0 Å². The third-order valence-electron chi connectivity index (χ3n) is 3.65. The number of nitrogen functional groups attached to an aromatic ring is 1. The molecule has 0 aliphatic rings. The maximum atomic E-state index is 12.0. The van der Waals surface area contributed by atoms with E-state index in [4.69, 9.17) is 5.73 Å². The van der Waals surface area contributed by atoms with Crippen LogP contribution in [-0.4, -0.2) is 14.1 Å². The Kier molecular flexibility index (Phi) is 2.64. The summed E-state index contributed by atoms with van der Waals surface area (Å²) >= 11 is 0. The molecule has 20 heavy (non-hydrogen) atoms. The Hall–Kier alpha value is -2.56. The molecule has 0 saturated heterocycles. The van der Waals surface area contributed by atoms with Gasteiger partial charge in [0, 0.05) is 37.2 Å². The van der Waals surface area contributed by atoms with Crippen molar-refractivity contribution in [2.24, 2.45) is 14.1 Å². The highest BCUT2D eigenvalue weighted by atomic mass is 16.1. The Bertz CT molecular complexity index is 873. The zero-order valence-electron chi connectivity index (χ0n) is 11.7. The first-order valence-corrected chi connectivity index (χ1v) is 6.37. The number of benzene rings is 1. The molecule has 5 nitrogen and oxygen atoms in total. The van der Waals surface area contributed by atoms with E-state index in [9.17, 15) is 4.79 Å². The van der Waals surface area contributed by atoms with Crippen molar-refractivity contribution in [2.45, 2.75) is 6.92 Å². The van der Waals surface area contributed by atoms with Crippen LogP contribution in [0.25, 0.3) is 22.2 Å². The number of hydrogen-bond acceptors (Lipinski definition) is 3. The average molecular weight is 268 g/mol. The molecule has 0 aliphatic carbocycles. The van der Waals surface area contributed by atoms with Crippen LogP contribution in [0, 0.1) is 6.92 Å². The molecular weight excluding hydrogens is 252 g/mol. The molecule has 0 saturated carbocycles. The quantitative estimate of drug-likeness (QED) is 0.685. The van der Waals surface area contributed by atoms with Crippen LogP contribution in [0.3, 0.4) is 0 Å². The van der Waals surface area contributed by atoms with Crippen LogP contribution < -0.4 is 11.4 Å². The van der Waals surface area contributed by atoms with Crippen LogP contribution in [0.5, 0.6) is 0 Å². The molecule has 0 fully saturated rings. The monoisotopic (exact) mass is 268 g/mol. The molecule has 0 aliphatic heterocycles. The highest BCUT2D eigenvalue weighted by molar-refractivity contribution is 5.90. The second-order valence-electron chi connectivity index (χ2n) is 5.01. The molecule has 2 aromatic heterocycles. The number of aryl methyl sites for hydroxylation is 3. The van der Waals surface area contributed by atoms with Crippen LogP contribution in [0.4, 0.5) is 5.69 Å². The number of nitrogens with two attached hydrogens (primary N) is 1. The van der Waals surface area contributed by atoms with E-state index in [1.54, 1.807) is 29.4 Å². The highest BCUT2D eigenvalue weighted by Gasteiger charge is 2.12. The number of imidazole rings is 1. The lowest BCUT2D eigenvalue weighted by molar-refractivity contribution is 0.795. The SMILES string of the molecule is Cc1cc(-c2cc3c(cc2N)n(C)c(=O)n3C)ccn1. The topological polar surface area (TPSA) is 65.8 Å². The lowest BCUT2D eigenvalue weighted by Gasteiger charge is -2.08. The Morgan fingerprint density at radius 1 is 1.10 bits per heavy atom. The molecule has 2 heterocycles. The third-order valence-corrected chi connectivity index (χ3v) is 3.65. The van der Waals surface area contributed by atoms with Crippen molar-refractivity contribution in [2.75, 3.05) is 5.73 Å². The molecule has 0 spiro atoms. The van der Waals surface area contributed by atoms with E-state index < -0.39 is 0 Å². The summed E-state index contributed by atoms with van der Waals surface area (Å²) in [6.07, 6.45) is 1.76. The summed E-state index contributed by atoms with van der Waals surface area (Å²) in [6, 6.07) is 7.72. The Labute approximate surface area is 116 Å². The van der Waals surface area contributed by atoms with Crippen molar-refractivity contribution in [1.29, 1.82) is 0 Å². The van der Waals surface area contributed by atoms with Gasteiger partial charge in [-0.3, -0.25) is 14.1 Å². The summed E-state index contributed by atoms with van der Waals surface area (Å²) in [5, 5.41) is 0. The van der Waals surface area contributed by atoms with Crippen LogP contribution >= 0.6 is 0 Å². The van der Waals surface area contributed by atoms with Gasteiger partial charge < -0.3 is 5.73 Å². The molecule has 0 bridgehead atoms. The number of pyridine rings is 1. The molecule has 2 N–H and O–H groups in total. The molecule has 0 radical (unpaired) electrons. The lowest BCUT2D eigenvalue weighted by Crippen LogP contribution is -2.19. The van der Waals surface area contributed by atoms with E-state index >= 15 is 0 Å². The average Bonchev–Trinajstić information content (AvgIpc) is 2.63. The van der Waals surface area contributed by atoms with E-state index in [2.05, 4.69) is 4.98 Å². The van der Waals surface area contributed by atoms with Gasteiger partial charge in [0.25, 0.3) is 0 Å². The minimum atomic E-state index is -0.0533. The van der Waals surface area contributed by atoms with Gasteiger partial charge in [0.1, 0.15) is 0 Å². The molecule has 0 atom stereocenters. The van der Waals surface area contributed by atoms with E-state index in [0.717, 1.165) is 27.9 Å². The summed E-state index contributed by atoms with van der Waals surface area (Å²) in [5.74, 6) is 0. The van der Waals surface area contributed by atoms with Crippen LogP contribution in [0.15, 0.2) is 35.3 Å². The van der Waals surface area contributed by atoms with Gasteiger partial charge >= 0.3 is 5.69 Å². The van der Waals surface area contributed by atoms with Crippen molar-refractivity contribution in [3.8, 4) is 11.1 Å². The van der Waals surface area contributed by atoms with E-state index in [1.165, 1.54) is 0 Å². The molecule has 3 aromatic rings. The van der Waals surface area contributed by atoms with Crippen molar-refractivity contribution >= 4 is 16.7 Å². The van der Waals surface area contributed by atoms with Gasteiger partial charge in [0.05, 0.1) is 11.0 Å². The van der Waals surface area contributed by atoms with Crippen molar-refractivity contribution < 1.29 is 0 Å². The van der Waals surface area contributed by atoms with Gasteiger partial charge in [-0.1, -0.05) is 0 Å². The lowest BCUT2D eigenvalue weighted by atomic mass is 10.0. The van der Waals surface area contributed by atoms with E-state index in [-0.39, 0.29) is 5.69 Å². The minimum absolute atomic E-state index is 0.0533. The number of aromatic nitrogens is 3. The summed E-state index contributed by atoms with van der Waals surface area (Å²) < 4.78 is 3.24. The predicted molar refractivity (Wildman–Crippen MR) is 80.5 cm³/mol. The van der Waals surface area contributed by atoms with Gasteiger partial charge in [-0.25, -0.2) is 4.79 Å². The van der Waals surface area contributed by atoms with E-state index in [1.807, 2.05) is 31.2 Å². The van der Waals surface area contributed by atoms with Crippen molar-refractivity contribution in [1.82, 2.24) is 14.1 Å². The van der Waals surface area contributed by atoms with Crippen LogP contribution in [0.1, 0.15) is 5.69 Å². The highest BCUT2D eigenvalue weighted by Crippen LogP contribution is 2.30. The number of fused-ring (bicyclic) bond motifs is 1. The summed E-state index contributed by atoms with van der Waals surface area (Å²) in [4.78, 5) is 16.2. The normalized spacial score (nSPS) is 11.2. The molecule has 5 heteroatoms. The molecule has 1 aromatic carbocycles. The molecule has 102 valence electrons. The molecule has 3 rings (SSSR count). The van der Waals surface area contributed by atoms with Crippen molar-refractivity contribution in [3.05, 3.63) is 46.6 Å². The Morgan fingerprint density at radius 3 is 2.40 bits per heavy atom. The fraction of sp³-hybridized carbons (Fsp3) is 0.200. The molecule has 0 amide bonds. The number of rotatable bonds is 1. The maximum Gasteiger partial charge on any atom is 0.328 e. The second-order valence-corrected chi connectivity index (χ2v) is 5.01. The number of nitrogens with zero attached hydrogens (tertiary/aromatic N) is 3. The zero-order valence-corrected chi connectivity index (χ0v) is 11.7. The number of anilines is 1. The standard InChI is InChI=1S/C15H16N4O/c1-9-6-10(4-5-17-9)11-7-13-14(8-12(11)16)19(3)15(20)18(13)2/h4-8H,16H2,1-3H3. The largest absolute Gasteiger partial charge is 0.398 e. The van der Waals surface area contributed by atoms with Gasteiger partial charge in [0.2, 0.25) is 0 Å². The summed E-state index contributed by atoms with van der Waals surface area (Å²) in [7, 11) is 3.52. The van der Waals surface area contributed by atoms with Gasteiger partial charge in [-0.15, -0.1) is 0 Å². The summed E-state index contributed by atoms with van der Waals surface area (Å²) in [6.45, 7) is 1.94. The third kappa shape index (κ3) is 1.71. The van der Waals surface area contributed by atoms with Gasteiger partial charge in [0.15, 0.2) is 0 Å². The van der Waals surface area contributed by atoms with Crippen LogP contribution in [0.2, 0.25) is 0 Å². The van der Waals surface area contributed by atoms with Crippen molar-refractivity contribution in [3.63, 3.8) is 0 Å². The smallest absolute Gasteiger partial charge is 0.328 e. The first kappa shape index (κ1) is 12.5. The van der Waals surface area contributed by atoms with E-state index in [0.29, 0.717) is 5.69 Å². The Balaban J connectivity index is 2.35.